The van der Waals surface area contributed by atoms with Gasteiger partial charge in [0.25, 0.3) is 11.7 Å². The van der Waals surface area contributed by atoms with Gasteiger partial charge < -0.3 is 10.0 Å². The van der Waals surface area contributed by atoms with Crippen LogP contribution < -0.4 is 0 Å². The molecule has 1 N–H and O–H groups in total. The van der Waals surface area contributed by atoms with Crippen LogP contribution in [0.25, 0.3) is 5.76 Å². The van der Waals surface area contributed by atoms with Gasteiger partial charge in [0.05, 0.1) is 23.9 Å². The molecule has 6 nitrogen and oxygen atoms in total. The summed E-state index contributed by atoms with van der Waals surface area (Å²) in [5.41, 5.74) is 3.68. The van der Waals surface area contributed by atoms with Gasteiger partial charge in [-0.05, 0) is 49.2 Å². The maximum atomic E-state index is 13.1. The van der Waals surface area contributed by atoms with Crippen molar-refractivity contribution in [3.05, 3.63) is 101 Å². The molecule has 0 saturated carbocycles. The summed E-state index contributed by atoms with van der Waals surface area (Å²) in [5, 5.41) is 11.2. The maximum Gasteiger partial charge on any atom is 0.296 e. The Morgan fingerprint density at radius 1 is 1.07 bits per heavy atom. The summed E-state index contributed by atoms with van der Waals surface area (Å²) in [4.78, 5) is 35.9. The number of pyridine rings is 2. The summed E-state index contributed by atoms with van der Waals surface area (Å²) in [7, 11) is 0. The van der Waals surface area contributed by atoms with Crippen molar-refractivity contribution in [3.8, 4) is 0 Å². The first-order valence-electron chi connectivity index (χ1n) is 9.63. The van der Waals surface area contributed by atoms with E-state index in [1.807, 2.05) is 38.1 Å². The van der Waals surface area contributed by atoms with Gasteiger partial charge in [-0.15, -0.1) is 0 Å². The molecule has 3 aromatic rings. The van der Waals surface area contributed by atoms with E-state index in [0.29, 0.717) is 16.8 Å². The lowest BCUT2D eigenvalue weighted by Gasteiger charge is -2.25. The number of carbonyl (C=O) groups is 2. The fraction of sp³-hybridized carbons (Fsp3) is 0.167. The number of hydrogen-bond donors (Lipinski definition) is 1. The number of benzene rings is 1. The predicted molar refractivity (Wildman–Crippen MR) is 112 cm³/mol. The van der Waals surface area contributed by atoms with Crippen LogP contribution in [0.4, 0.5) is 0 Å². The molecule has 1 unspecified atom stereocenters. The third kappa shape index (κ3) is 3.48. The molecule has 0 radical (unpaired) electrons. The Bertz CT molecular complexity index is 1140. The molecule has 2 aromatic heterocycles. The van der Waals surface area contributed by atoms with Crippen molar-refractivity contribution >= 4 is 17.4 Å². The van der Waals surface area contributed by atoms with Gasteiger partial charge in [0.2, 0.25) is 0 Å². The number of rotatable bonds is 4. The third-order valence-corrected chi connectivity index (χ3v) is 5.25. The number of aryl methyl sites for hydroxylation is 2. The number of ketones is 1. The van der Waals surface area contributed by atoms with Crippen LogP contribution >= 0.6 is 0 Å². The molecule has 0 bridgehead atoms. The van der Waals surface area contributed by atoms with Gasteiger partial charge in [-0.3, -0.25) is 19.6 Å². The van der Waals surface area contributed by atoms with Gasteiger partial charge in [0.15, 0.2) is 0 Å². The molecule has 1 saturated heterocycles. The summed E-state index contributed by atoms with van der Waals surface area (Å²) >= 11 is 0. The molecule has 1 amide bonds. The SMILES string of the molecule is Cc1ccc(C)c(/C(O)=C2\C(=O)C(=O)N(Cc3ccccn3)C2c2cccnc2)c1. The molecule has 1 atom stereocenters. The first kappa shape index (κ1) is 19.5. The van der Waals surface area contributed by atoms with Crippen LogP contribution in [0.1, 0.15) is 34.0 Å². The molecule has 30 heavy (non-hydrogen) atoms. The second-order valence-corrected chi connectivity index (χ2v) is 7.35. The van der Waals surface area contributed by atoms with E-state index < -0.39 is 17.7 Å². The van der Waals surface area contributed by atoms with Gasteiger partial charge in [0, 0.05) is 24.2 Å². The molecule has 150 valence electrons. The van der Waals surface area contributed by atoms with Crippen molar-refractivity contribution in [2.75, 3.05) is 0 Å². The highest BCUT2D eigenvalue weighted by atomic mass is 16.3. The number of amides is 1. The molecule has 6 heteroatoms. The Kier molecular flexibility index (Phi) is 5.14. The first-order valence-corrected chi connectivity index (χ1v) is 9.63. The second kappa shape index (κ2) is 7.91. The summed E-state index contributed by atoms with van der Waals surface area (Å²) in [5.74, 6) is -1.55. The fourth-order valence-electron chi connectivity index (χ4n) is 3.73. The van der Waals surface area contributed by atoms with Crippen LogP contribution in [0.15, 0.2) is 72.7 Å². The minimum atomic E-state index is -0.749. The zero-order valence-corrected chi connectivity index (χ0v) is 16.7. The van der Waals surface area contributed by atoms with Gasteiger partial charge in [-0.25, -0.2) is 0 Å². The van der Waals surface area contributed by atoms with Crippen LogP contribution in [-0.4, -0.2) is 31.7 Å². The average Bonchev–Trinajstić information content (AvgIpc) is 3.01. The Balaban J connectivity index is 1.89. The zero-order valence-electron chi connectivity index (χ0n) is 16.7. The van der Waals surface area contributed by atoms with Crippen LogP contribution in [0.2, 0.25) is 0 Å². The van der Waals surface area contributed by atoms with E-state index in [-0.39, 0.29) is 17.9 Å². The lowest BCUT2D eigenvalue weighted by Crippen LogP contribution is -2.29. The van der Waals surface area contributed by atoms with Crippen molar-refractivity contribution in [2.45, 2.75) is 26.4 Å². The van der Waals surface area contributed by atoms with E-state index >= 15 is 0 Å². The average molecular weight is 399 g/mol. The van der Waals surface area contributed by atoms with Crippen molar-refractivity contribution in [2.24, 2.45) is 0 Å². The lowest BCUT2D eigenvalue weighted by atomic mass is 9.94. The summed E-state index contributed by atoms with van der Waals surface area (Å²) in [6, 6.07) is 13.8. The van der Waals surface area contributed by atoms with Crippen molar-refractivity contribution < 1.29 is 14.7 Å². The molecule has 1 aliphatic rings. The van der Waals surface area contributed by atoms with Gasteiger partial charge in [0.1, 0.15) is 5.76 Å². The highest BCUT2D eigenvalue weighted by molar-refractivity contribution is 6.46. The molecule has 0 spiro atoms. The van der Waals surface area contributed by atoms with Crippen LogP contribution in [0, 0.1) is 13.8 Å². The number of likely N-dealkylation sites (tertiary alicyclic amines) is 1. The van der Waals surface area contributed by atoms with Gasteiger partial charge >= 0.3 is 0 Å². The molecule has 4 rings (SSSR count). The lowest BCUT2D eigenvalue weighted by molar-refractivity contribution is -0.140. The normalized spacial score (nSPS) is 18.1. The van der Waals surface area contributed by atoms with Crippen LogP contribution in [0.5, 0.6) is 0 Å². The van der Waals surface area contributed by atoms with E-state index in [4.69, 9.17) is 0 Å². The van der Waals surface area contributed by atoms with Gasteiger partial charge in [-0.1, -0.05) is 29.8 Å². The Labute approximate surface area is 174 Å². The Morgan fingerprint density at radius 3 is 2.60 bits per heavy atom. The standard InChI is InChI=1S/C24H21N3O3/c1-15-8-9-16(2)19(12-15)22(28)20-21(17-6-5-10-25-13-17)27(24(30)23(20)29)14-18-7-3-4-11-26-18/h3-13,21,28H,14H2,1-2H3/b22-20+. The Hall–Kier alpha value is -3.80. The number of hydrogen-bond acceptors (Lipinski definition) is 5. The number of aromatic nitrogens is 2. The monoisotopic (exact) mass is 399 g/mol. The van der Waals surface area contributed by atoms with Crippen LogP contribution in [-0.2, 0) is 16.1 Å². The van der Waals surface area contributed by atoms with Crippen molar-refractivity contribution in [1.29, 1.82) is 0 Å². The molecule has 1 fully saturated rings. The molecule has 1 aliphatic heterocycles. The third-order valence-electron chi connectivity index (χ3n) is 5.25. The number of aliphatic hydroxyl groups is 1. The number of aliphatic hydroxyl groups excluding tert-OH is 1. The smallest absolute Gasteiger partial charge is 0.296 e. The summed E-state index contributed by atoms with van der Waals surface area (Å²) in [6.07, 6.45) is 4.87. The molecular weight excluding hydrogens is 378 g/mol. The van der Waals surface area contributed by atoms with E-state index in [9.17, 15) is 14.7 Å². The van der Waals surface area contributed by atoms with E-state index in [0.717, 1.165) is 11.1 Å². The van der Waals surface area contributed by atoms with Gasteiger partial charge in [-0.2, -0.15) is 0 Å². The van der Waals surface area contributed by atoms with Crippen LogP contribution in [0.3, 0.4) is 0 Å². The minimum Gasteiger partial charge on any atom is -0.507 e. The molecule has 1 aromatic carbocycles. The zero-order chi connectivity index (χ0) is 21.3. The molecule has 0 aliphatic carbocycles. The van der Waals surface area contributed by atoms with E-state index in [2.05, 4.69) is 9.97 Å². The molecular formula is C24H21N3O3. The maximum absolute atomic E-state index is 13.1. The highest BCUT2D eigenvalue weighted by Crippen LogP contribution is 2.40. The highest BCUT2D eigenvalue weighted by Gasteiger charge is 2.46. The van der Waals surface area contributed by atoms with Crippen molar-refractivity contribution in [3.63, 3.8) is 0 Å². The molecule has 3 heterocycles. The summed E-state index contributed by atoms with van der Waals surface area (Å²) < 4.78 is 0. The summed E-state index contributed by atoms with van der Waals surface area (Å²) in [6.45, 7) is 3.92. The second-order valence-electron chi connectivity index (χ2n) is 7.35. The van der Waals surface area contributed by atoms with E-state index in [1.165, 1.54) is 4.90 Å². The number of carbonyl (C=O) groups excluding carboxylic acids is 2. The minimum absolute atomic E-state index is 0.0673. The largest absolute Gasteiger partial charge is 0.507 e. The number of Topliss-reactive ketones (excluding diaryl/α,β-unsaturated/α-hetero) is 1. The predicted octanol–water partition coefficient (Wildman–Crippen LogP) is 3.72. The topological polar surface area (TPSA) is 83.4 Å². The quantitative estimate of drug-likeness (QED) is 0.411. The number of nitrogens with zero attached hydrogens (tertiary/aromatic N) is 3. The van der Waals surface area contributed by atoms with E-state index in [1.54, 1.807) is 42.9 Å². The Morgan fingerprint density at radius 2 is 1.90 bits per heavy atom. The first-order chi connectivity index (χ1) is 14.5. The van der Waals surface area contributed by atoms with Crippen molar-refractivity contribution in [1.82, 2.24) is 14.9 Å². The fourth-order valence-corrected chi connectivity index (χ4v) is 3.73.